The molecule has 5 aromatic rings. The third-order valence-electron chi connectivity index (χ3n) is 4.97. The predicted octanol–water partition coefficient (Wildman–Crippen LogP) is 7.23. The van der Waals surface area contributed by atoms with E-state index in [0.717, 1.165) is 22.1 Å². The lowest BCUT2D eigenvalue weighted by Gasteiger charge is -2.04. The SMILES string of the molecule is Cc1ccc(-c2cccc3c2oc2cccc(-c4ccccc4)c23)cc1. The van der Waals surface area contributed by atoms with Crippen molar-refractivity contribution in [1.82, 2.24) is 0 Å². The highest BCUT2D eigenvalue weighted by atomic mass is 16.3. The highest BCUT2D eigenvalue weighted by Gasteiger charge is 2.15. The molecule has 1 heterocycles. The Hall–Kier alpha value is -3.32. The summed E-state index contributed by atoms with van der Waals surface area (Å²) < 4.78 is 6.33. The molecule has 0 bridgehead atoms. The molecule has 26 heavy (non-hydrogen) atoms. The molecule has 0 amide bonds. The maximum Gasteiger partial charge on any atom is 0.143 e. The van der Waals surface area contributed by atoms with Crippen molar-refractivity contribution in [3.63, 3.8) is 0 Å². The monoisotopic (exact) mass is 334 g/mol. The van der Waals surface area contributed by atoms with Gasteiger partial charge < -0.3 is 4.42 Å². The first-order chi connectivity index (χ1) is 12.8. The van der Waals surface area contributed by atoms with E-state index in [4.69, 9.17) is 4.42 Å². The zero-order chi connectivity index (χ0) is 17.5. The van der Waals surface area contributed by atoms with Gasteiger partial charge in [-0.15, -0.1) is 0 Å². The normalized spacial score (nSPS) is 11.3. The van der Waals surface area contributed by atoms with Gasteiger partial charge in [-0.2, -0.15) is 0 Å². The molecule has 0 fully saturated rings. The van der Waals surface area contributed by atoms with Gasteiger partial charge in [-0.25, -0.2) is 0 Å². The van der Waals surface area contributed by atoms with Crippen LogP contribution in [0, 0.1) is 6.92 Å². The van der Waals surface area contributed by atoms with E-state index in [9.17, 15) is 0 Å². The first-order valence-electron chi connectivity index (χ1n) is 8.88. The van der Waals surface area contributed by atoms with Crippen LogP contribution in [-0.2, 0) is 0 Å². The van der Waals surface area contributed by atoms with Crippen molar-refractivity contribution in [2.75, 3.05) is 0 Å². The highest BCUT2D eigenvalue weighted by Crippen LogP contribution is 2.40. The molecule has 0 saturated heterocycles. The second-order valence-electron chi connectivity index (χ2n) is 6.70. The average molecular weight is 334 g/mol. The van der Waals surface area contributed by atoms with Gasteiger partial charge in [0.2, 0.25) is 0 Å². The van der Waals surface area contributed by atoms with Gasteiger partial charge in [0.15, 0.2) is 0 Å². The summed E-state index contributed by atoms with van der Waals surface area (Å²) in [6.07, 6.45) is 0. The van der Waals surface area contributed by atoms with Gasteiger partial charge in [0, 0.05) is 16.3 Å². The van der Waals surface area contributed by atoms with Crippen molar-refractivity contribution in [3.8, 4) is 22.3 Å². The fraction of sp³-hybridized carbons (Fsp3) is 0.0400. The Labute approximate surface area is 152 Å². The molecule has 1 aromatic heterocycles. The minimum absolute atomic E-state index is 0.931. The van der Waals surface area contributed by atoms with Crippen molar-refractivity contribution in [2.45, 2.75) is 6.92 Å². The van der Waals surface area contributed by atoms with Crippen LogP contribution < -0.4 is 0 Å². The molecule has 0 unspecified atom stereocenters. The number of hydrogen-bond donors (Lipinski definition) is 0. The van der Waals surface area contributed by atoms with E-state index in [-0.39, 0.29) is 0 Å². The molecule has 1 nitrogen and oxygen atoms in total. The number of hydrogen-bond acceptors (Lipinski definition) is 1. The van der Waals surface area contributed by atoms with Gasteiger partial charge >= 0.3 is 0 Å². The number of aryl methyl sites for hydroxylation is 1. The van der Waals surface area contributed by atoms with Gasteiger partial charge in [0.25, 0.3) is 0 Å². The van der Waals surface area contributed by atoms with Crippen molar-refractivity contribution in [1.29, 1.82) is 0 Å². The summed E-state index contributed by atoms with van der Waals surface area (Å²) in [5.74, 6) is 0. The molecule has 124 valence electrons. The van der Waals surface area contributed by atoms with E-state index in [2.05, 4.69) is 91.9 Å². The van der Waals surface area contributed by atoms with Crippen LogP contribution in [0.15, 0.2) is 95.4 Å². The lowest BCUT2D eigenvalue weighted by atomic mass is 9.97. The first-order valence-corrected chi connectivity index (χ1v) is 8.88. The van der Waals surface area contributed by atoms with E-state index < -0.39 is 0 Å². The molecule has 0 atom stereocenters. The molecule has 0 saturated carbocycles. The van der Waals surface area contributed by atoms with E-state index in [1.807, 2.05) is 6.07 Å². The molecule has 0 aliphatic rings. The van der Waals surface area contributed by atoms with Crippen LogP contribution in [0.1, 0.15) is 5.56 Å². The molecule has 0 N–H and O–H groups in total. The second-order valence-corrected chi connectivity index (χ2v) is 6.70. The molecular formula is C25H18O. The number of fused-ring (bicyclic) bond motifs is 3. The predicted molar refractivity (Wildman–Crippen MR) is 109 cm³/mol. The van der Waals surface area contributed by atoms with E-state index in [1.165, 1.54) is 27.6 Å². The Balaban J connectivity index is 1.84. The highest BCUT2D eigenvalue weighted by molar-refractivity contribution is 6.15. The van der Waals surface area contributed by atoms with Crippen molar-refractivity contribution < 1.29 is 4.42 Å². The second kappa shape index (κ2) is 5.89. The Bertz CT molecular complexity index is 1210. The van der Waals surface area contributed by atoms with Gasteiger partial charge in [-0.05, 0) is 29.7 Å². The zero-order valence-corrected chi connectivity index (χ0v) is 14.6. The fourth-order valence-electron chi connectivity index (χ4n) is 3.67. The molecule has 4 aromatic carbocycles. The Kier molecular flexibility index (Phi) is 3.39. The smallest absolute Gasteiger partial charge is 0.143 e. The van der Waals surface area contributed by atoms with Crippen molar-refractivity contribution in [2.24, 2.45) is 0 Å². The number of rotatable bonds is 2. The summed E-state index contributed by atoms with van der Waals surface area (Å²) in [5, 5.41) is 2.35. The van der Waals surface area contributed by atoms with Crippen LogP contribution in [-0.4, -0.2) is 0 Å². The molecule has 0 aliphatic carbocycles. The Morgan fingerprint density at radius 1 is 0.577 bits per heavy atom. The summed E-state index contributed by atoms with van der Waals surface area (Å²) in [5.41, 5.74) is 7.89. The van der Waals surface area contributed by atoms with Gasteiger partial charge in [-0.3, -0.25) is 0 Å². The van der Waals surface area contributed by atoms with E-state index >= 15 is 0 Å². The lowest BCUT2D eigenvalue weighted by Crippen LogP contribution is -1.80. The van der Waals surface area contributed by atoms with Crippen LogP contribution in [0.25, 0.3) is 44.2 Å². The summed E-state index contributed by atoms with van der Waals surface area (Å²) in [6, 6.07) is 31.8. The standard InChI is InChI=1S/C25H18O/c1-17-13-15-19(16-14-17)21-10-5-11-22-24-20(18-7-3-2-4-8-18)9-6-12-23(24)26-25(21)22/h2-16H,1H3. The molecule has 5 rings (SSSR count). The maximum atomic E-state index is 6.33. The number of para-hydroxylation sites is 1. The lowest BCUT2D eigenvalue weighted by molar-refractivity contribution is 0.670. The largest absolute Gasteiger partial charge is 0.455 e. The molecule has 1 heteroatoms. The fourth-order valence-corrected chi connectivity index (χ4v) is 3.67. The van der Waals surface area contributed by atoms with Crippen LogP contribution in [0.2, 0.25) is 0 Å². The number of furan rings is 1. The van der Waals surface area contributed by atoms with E-state index in [0.29, 0.717) is 0 Å². The summed E-state index contributed by atoms with van der Waals surface area (Å²) in [4.78, 5) is 0. The molecule has 0 spiro atoms. The van der Waals surface area contributed by atoms with Crippen molar-refractivity contribution in [3.05, 3.63) is 96.6 Å². The van der Waals surface area contributed by atoms with Gasteiger partial charge in [0.1, 0.15) is 11.2 Å². The Morgan fingerprint density at radius 2 is 1.27 bits per heavy atom. The van der Waals surface area contributed by atoms with Crippen LogP contribution in [0.4, 0.5) is 0 Å². The molecular weight excluding hydrogens is 316 g/mol. The minimum atomic E-state index is 0.931. The summed E-state index contributed by atoms with van der Waals surface area (Å²) >= 11 is 0. The van der Waals surface area contributed by atoms with Gasteiger partial charge in [0.05, 0.1) is 0 Å². The summed E-state index contributed by atoms with van der Waals surface area (Å²) in [7, 11) is 0. The van der Waals surface area contributed by atoms with Crippen LogP contribution in [0.5, 0.6) is 0 Å². The number of benzene rings is 4. The Morgan fingerprint density at radius 3 is 2.08 bits per heavy atom. The first kappa shape index (κ1) is 15.0. The topological polar surface area (TPSA) is 13.1 Å². The average Bonchev–Trinajstić information content (AvgIpc) is 3.08. The third-order valence-corrected chi connectivity index (χ3v) is 4.97. The van der Waals surface area contributed by atoms with Crippen molar-refractivity contribution >= 4 is 21.9 Å². The third kappa shape index (κ3) is 2.33. The zero-order valence-electron chi connectivity index (χ0n) is 14.6. The van der Waals surface area contributed by atoms with Crippen LogP contribution >= 0.6 is 0 Å². The minimum Gasteiger partial charge on any atom is -0.455 e. The molecule has 0 radical (unpaired) electrons. The quantitative estimate of drug-likeness (QED) is 0.332. The maximum absolute atomic E-state index is 6.33. The van der Waals surface area contributed by atoms with E-state index in [1.54, 1.807) is 0 Å². The van der Waals surface area contributed by atoms with Crippen LogP contribution in [0.3, 0.4) is 0 Å². The molecule has 0 aliphatic heterocycles. The van der Waals surface area contributed by atoms with Gasteiger partial charge in [-0.1, -0.05) is 90.5 Å². The summed E-state index contributed by atoms with van der Waals surface area (Å²) in [6.45, 7) is 2.11.